The molecule has 0 aromatic heterocycles. The molecule has 0 bridgehead atoms. The molecule has 1 aromatic rings. The van der Waals surface area contributed by atoms with E-state index < -0.39 is 67.4 Å². The van der Waals surface area contributed by atoms with Crippen molar-refractivity contribution in [2.45, 2.75) is 67.1 Å². The molecule has 2 saturated carbocycles. The van der Waals surface area contributed by atoms with E-state index >= 15 is 0 Å². The lowest BCUT2D eigenvalue weighted by Gasteiger charge is -2.34. The first kappa shape index (κ1) is 28.5. The molecule has 2 saturated heterocycles. The molecule has 5 rings (SSSR count). The van der Waals surface area contributed by atoms with Crippen LogP contribution in [0.5, 0.6) is 0 Å². The summed E-state index contributed by atoms with van der Waals surface area (Å²) < 4.78 is 75.6. The number of hydrogen-bond acceptors (Lipinski definition) is 8. The Morgan fingerprint density at radius 3 is 2.33 bits per heavy atom. The molecular weight excluding hydrogens is 551 g/mol. The lowest BCUT2D eigenvalue weighted by atomic mass is 10.1. The summed E-state index contributed by atoms with van der Waals surface area (Å²) in [6, 6.07) is 5.23. The normalized spacial score (nSPS) is 25.7. The number of ether oxygens (including phenoxy) is 1. The van der Waals surface area contributed by atoms with Crippen molar-refractivity contribution in [3.05, 3.63) is 23.8 Å². The van der Waals surface area contributed by atoms with Gasteiger partial charge in [-0.15, -0.1) is 0 Å². The van der Waals surface area contributed by atoms with E-state index in [2.05, 4.69) is 10.2 Å². The number of alkyl carbamates (subject to hydrolysis) is 1. The minimum atomic E-state index is -4.94. The number of hydrogen-bond donors (Lipinski definition) is 1. The maximum absolute atomic E-state index is 14.2. The van der Waals surface area contributed by atoms with Gasteiger partial charge in [-0.05, 0) is 50.9 Å². The number of rotatable bonds is 6. The number of sulfone groups is 1. The molecule has 2 amide bonds. The summed E-state index contributed by atoms with van der Waals surface area (Å²) in [5.74, 6) is -0.411. The minimum Gasteiger partial charge on any atom is -0.425 e. The Kier molecular flexibility index (Phi) is 6.97. The van der Waals surface area contributed by atoms with Crippen LogP contribution in [0.25, 0.3) is 0 Å². The van der Waals surface area contributed by atoms with Crippen LogP contribution in [0.2, 0.25) is 0 Å². The Morgan fingerprint density at radius 2 is 1.77 bits per heavy atom. The lowest BCUT2D eigenvalue weighted by Crippen LogP contribution is -2.45. The SMILES string of the molecule is CN1CCN(c2ccc(S(=O)(=O)[C@@H]3C[C@H](OC(=O)NC4(C#N)CC4)N(C(=O)C4(C)CC4)C3)c(C(F)(F)F)c2)CC1. The number of nitrogens with one attached hydrogen (secondary N) is 1. The number of benzene rings is 1. The Balaban J connectivity index is 1.42. The van der Waals surface area contributed by atoms with Gasteiger partial charge in [0.1, 0.15) is 5.54 Å². The highest BCUT2D eigenvalue weighted by atomic mass is 32.2. The molecule has 4 aliphatic rings. The van der Waals surface area contributed by atoms with Gasteiger partial charge in [0.2, 0.25) is 5.91 Å². The second-order valence-electron chi connectivity index (χ2n) is 11.6. The van der Waals surface area contributed by atoms with Crippen molar-refractivity contribution >= 4 is 27.5 Å². The topological polar surface area (TPSA) is 123 Å². The second kappa shape index (κ2) is 9.80. The second-order valence-corrected chi connectivity index (χ2v) is 13.8. The summed E-state index contributed by atoms with van der Waals surface area (Å²) in [5.41, 5.74) is -2.76. The third kappa shape index (κ3) is 5.45. The number of piperazine rings is 1. The standard InChI is InChI=1S/C26H32F3N5O5S/c1-24(5-6-24)22(35)34-15-18(14-21(34)39-23(36)31-25(16-30)7-8-25)40(37,38)20-4-3-17(13-19(20)26(27,28)29)33-11-9-32(2)10-12-33/h3-4,13,18,21H,5-12,14-15H2,1-2H3,(H,31,36)/t18-,21+/m1/s1. The molecule has 2 heterocycles. The van der Waals surface area contributed by atoms with Crippen molar-refractivity contribution in [3.63, 3.8) is 0 Å². The maximum atomic E-state index is 14.2. The smallest absolute Gasteiger partial charge is 0.417 e. The number of halogens is 3. The van der Waals surface area contributed by atoms with E-state index in [-0.39, 0.29) is 12.1 Å². The molecule has 1 aromatic carbocycles. The summed E-state index contributed by atoms with van der Waals surface area (Å²) in [4.78, 5) is 29.9. The van der Waals surface area contributed by atoms with Crippen molar-refractivity contribution in [3.8, 4) is 6.07 Å². The van der Waals surface area contributed by atoms with Gasteiger partial charge in [-0.25, -0.2) is 13.2 Å². The first-order chi connectivity index (χ1) is 18.7. The summed E-state index contributed by atoms with van der Waals surface area (Å²) in [6.45, 7) is 3.64. The van der Waals surface area contributed by atoms with Gasteiger partial charge < -0.3 is 24.8 Å². The highest BCUT2D eigenvalue weighted by Gasteiger charge is 2.54. The van der Waals surface area contributed by atoms with Gasteiger partial charge in [0.05, 0.1) is 21.8 Å². The molecule has 2 aliphatic carbocycles. The predicted molar refractivity (Wildman–Crippen MR) is 137 cm³/mol. The van der Waals surface area contributed by atoms with Gasteiger partial charge in [-0.3, -0.25) is 4.79 Å². The highest BCUT2D eigenvalue weighted by molar-refractivity contribution is 7.92. The molecule has 4 fully saturated rings. The largest absolute Gasteiger partial charge is 0.425 e. The van der Waals surface area contributed by atoms with E-state index in [9.17, 15) is 36.4 Å². The monoisotopic (exact) mass is 583 g/mol. The number of nitrogens with zero attached hydrogens (tertiary/aromatic N) is 4. The van der Waals surface area contributed by atoms with Gasteiger partial charge in [0.15, 0.2) is 16.1 Å². The summed E-state index contributed by atoms with van der Waals surface area (Å²) in [6.07, 6.45) is -5.58. The van der Waals surface area contributed by atoms with Crippen molar-refractivity contribution in [1.29, 1.82) is 5.26 Å². The number of likely N-dealkylation sites (tertiary alicyclic amines) is 1. The van der Waals surface area contributed by atoms with Gasteiger partial charge in [-0.2, -0.15) is 18.4 Å². The average molecular weight is 584 g/mol. The molecule has 0 spiro atoms. The molecule has 0 radical (unpaired) electrons. The fourth-order valence-corrected chi connectivity index (χ4v) is 7.10. The lowest BCUT2D eigenvalue weighted by molar-refractivity contribution is -0.143. The molecule has 40 heavy (non-hydrogen) atoms. The van der Waals surface area contributed by atoms with E-state index in [1.54, 1.807) is 11.8 Å². The van der Waals surface area contributed by atoms with Crippen molar-refractivity contribution in [1.82, 2.24) is 15.1 Å². The quantitative estimate of drug-likeness (QED) is 0.543. The van der Waals surface area contributed by atoms with E-state index in [0.717, 1.165) is 17.0 Å². The summed E-state index contributed by atoms with van der Waals surface area (Å²) >= 11 is 0. The number of anilines is 1. The molecule has 2 atom stereocenters. The Morgan fingerprint density at radius 1 is 1.12 bits per heavy atom. The summed E-state index contributed by atoms with van der Waals surface area (Å²) in [7, 11) is -2.68. The average Bonchev–Trinajstić information content (AvgIpc) is 3.80. The van der Waals surface area contributed by atoms with Gasteiger partial charge >= 0.3 is 12.3 Å². The number of likely N-dealkylation sites (N-methyl/N-ethyl adjacent to an activating group) is 1. The van der Waals surface area contributed by atoms with Crippen molar-refractivity contribution < 1.29 is 35.9 Å². The van der Waals surface area contributed by atoms with Crippen LogP contribution in [0, 0.1) is 16.7 Å². The van der Waals surface area contributed by atoms with Gasteiger partial charge in [0.25, 0.3) is 0 Å². The first-order valence-electron chi connectivity index (χ1n) is 13.3. The van der Waals surface area contributed by atoms with Gasteiger partial charge in [0, 0.05) is 50.2 Å². The molecule has 10 nitrogen and oxygen atoms in total. The molecule has 1 N–H and O–H groups in total. The third-order valence-electron chi connectivity index (χ3n) is 8.42. The van der Waals surface area contributed by atoms with Crippen LogP contribution in [0.1, 0.15) is 44.6 Å². The number of alkyl halides is 3. The highest BCUT2D eigenvalue weighted by Crippen LogP contribution is 2.48. The van der Waals surface area contributed by atoms with Crippen molar-refractivity contribution in [2.75, 3.05) is 44.7 Å². The number of carbonyl (C=O) groups excluding carboxylic acids is 2. The molecule has 2 aliphatic heterocycles. The zero-order chi connectivity index (χ0) is 29.1. The Bertz CT molecular complexity index is 1350. The van der Waals surface area contributed by atoms with E-state index in [4.69, 9.17) is 4.74 Å². The molecule has 14 heteroatoms. The fourth-order valence-electron chi connectivity index (χ4n) is 5.23. The van der Waals surface area contributed by atoms with Crippen LogP contribution >= 0.6 is 0 Å². The van der Waals surface area contributed by atoms with Crippen LogP contribution in [0.15, 0.2) is 23.1 Å². The van der Waals surface area contributed by atoms with E-state index in [1.165, 1.54) is 6.07 Å². The van der Waals surface area contributed by atoms with E-state index in [0.29, 0.717) is 51.9 Å². The summed E-state index contributed by atoms with van der Waals surface area (Å²) in [5, 5.41) is 10.3. The zero-order valence-electron chi connectivity index (χ0n) is 22.3. The fraction of sp³-hybridized carbons (Fsp3) is 0.654. The molecular formula is C26H32F3N5O5S. The maximum Gasteiger partial charge on any atom is 0.417 e. The van der Waals surface area contributed by atoms with Crippen LogP contribution in [-0.2, 0) is 25.5 Å². The van der Waals surface area contributed by atoms with Crippen LogP contribution in [0.4, 0.5) is 23.7 Å². The number of nitriles is 1. The predicted octanol–water partition coefficient (Wildman–Crippen LogP) is 2.74. The van der Waals surface area contributed by atoms with Crippen molar-refractivity contribution in [2.24, 2.45) is 5.41 Å². The van der Waals surface area contributed by atoms with Crippen LogP contribution < -0.4 is 10.2 Å². The number of carbonyl (C=O) groups is 2. The zero-order valence-corrected chi connectivity index (χ0v) is 23.1. The number of amides is 2. The Hall–Kier alpha value is -3.05. The Labute approximate surface area is 230 Å². The van der Waals surface area contributed by atoms with Gasteiger partial charge in [-0.1, -0.05) is 6.92 Å². The van der Waals surface area contributed by atoms with Crippen LogP contribution in [0.3, 0.4) is 0 Å². The first-order valence-corrected chi connectivity index (χ1v) is 14.8. The third-order valence-corrected chi connectivity index (χ3v) is 10.6. The molecule has 218 valence electrons. The van der Waals surface area contributed by atoms with Crippen LogP contribution in [-0.4, -0.2) is 87.0 Å². The molecule has 0 unspecified atom stereocenters. The minimum absolute atomic E-state index is 0.286. The van der Waals surface area contributed by atoms with E-state index in [1.807, 2.05) is 13.1 Å².